The average Bonchev–Trinajstić information content (AvgIpc) is 3.19. The molecule has 0 aromatic carbocycles. The van der Waals surface area contributed by atoms with Crippen LogP contribution in [0.4, 0.5) is 4.79 Å². The van der Waals surface area contributed by atoms with Crippen molar-refractivity contribution in [3.63, 3.8) is 0 Å². The van der Waals surface area contributed by atoms with Gasteiger partial charge in [0.1, 0.15) is 5.60 Å². The molecule has 3 saturated heterocycles. The predicted octanol–water partition coefficient (Wildman–Crippen LogP) is 1.87. The summed E-state index contributed by atoms with van der Waals surface area (Å²) in [5.41, 5.74) is -0.501. The van der Waals surface area contributed by atoms with E-state index in [9.17, 15) is 9.59 Å². The first kappa shape index (κ1) is 21.4. The van der Waals surface area contributed by atoms with Crippen LogP contribution in [0.3, 0.4) is 0 Å². The second kappa shape index (κ2) is 8.57. The molecule has 2 amide bonds. The first-order chi connectivity index (χ1) is 13.2. The lowest BCUT2D eigenvalue weighted by molar-refractivity contribution is -0.135. The van der Waals surface area contributed by atoms with Crippen molar-refractivity contribution in [2.75, 3.05) is 53.4 Å². The van der Waals surface area contributed by atoms with E-state index in [1.165, 1.54) is 0 Å². The highest BCUT2D eigenvalue weighted by molar-refractivity contribution is 5.82. The van der Waals surface area contributed by atoms with E-state index in [4.69, 9.17) is 4.74 Å². The molecule has 3 aliphatic rings. The predicted molar refractivity (Wildman–Crippen MR) is 109 cm³/mol. The monoisotopic (exact) mass is 394 g/mol. The summed E-state index contributed by atoms with van der Waals surface area (Å²) in [5.74, 6) is 0.124. The highest BCUT2D eigenvalue weighted by Crippen LogP contribution is 2.43. The third-order valence-electron chi connectivity index (χ3n) is 6.40. The normalized spacial score (nSPS) is 28.6. The topological polar surface area (TPSA) is 56.3 Å². The lowest BCUT2D eigenvalue weighted by Gasteiger charge is -2.33. The summed E-state index contributed by atoms with van der Waals surface area (Å²) in [7, 11) is 4.08. The van der Waals surface area contributed by atoms with E-state index in [-0.39, 0.29) is 30.0 Å². The maximum atomic E-state index is 13.0. The Kier molecular flexibility index (Phi) is 6.54. The van der Waals surface area contributed by atoms with E-state index in [1.54, 1.807) is 0 Å². The zero-order chi connectivity index (χ0) is 20.5. The van der Waals surface area contributed by atoms with Crippen molar-refractivity contribution < 1.29 is 14.3 Å². The van der Waals surface area contributed by atoms with Crippen LogP contribution in [0, 0.1) is 5.92 Å². The van der Waals surface area contributed by atoms with Crippen molar-refractivity contribution in [1.29, 1.82) is 0 Å². The van der Waals surface area contributed by atoms with E-state index in [0.29, 0.717) is 0 Å². The molecule has 0 saturated carbocycles. The van der Waals surface area contributed by atoms with Gasteiger partial charge in [0.25, 0.3) is 0 Å². The van der Waals surface area contributed by atoms with E-state index < -0.39 is 5.60 Å². The first-order valence-corrected chi connectivity index (χ1v) is 10.8. The van der Waals surface area contributed by atoms with Gasteiger partial charge in [0, 0.05) is 51.9 Å². The molecular formula is C21H38N4O3. The van der Waals surface area contributed by atoms with Gasteiger partial charge in [-0.05, 0) is 60.0 Å². The fourth-order valence-corrected chi connectivity index (χ4v) is 4.85. The van der Waals surface area contributed by atoms with Crippen LogP contribution in [0.1, 0.15) is 46.5 Å². The number of likely N-dealkylation sites (N-methyl/N-ethyl adjacent to an activating group) is 1. The summed E-state index contributed by atoms with van der Waals surface area (Å²) >= 11 is 0. The van der Waals surface area contributed by atoms with Gasteiger partial charge in [0.2, 0.25) is 5.91 Å². The van der Waals surface area contributed by atoms with Gasteiger partial charge in [0.15, 0.2) is 0 Å². The number of fused-ring (bicyclic) bond motifs is 2. The zero-order valence-electron chi connectivity index (χ0n) is 18.3. The van der Waals surface area contributed by atoms with Gasteiger partial charge >= 0.3 is 6.09 Å². The molecule has 3 rings (SSSR count). The number of amides is 2. The SMILES string of the molecule is CN1CCN(CCCN(C)C(=O)C2CC3CCC2N3C(=O)OC(C)(C)C)CC1. The van der Waals surface area contributed by atoms with Gasteiger partial charge in [-0.2, -0.15) is 0 Å². The van der Waals surface area contributed by atoms with Crippen LogP contribution in [0.15, 0.2) is 0 Å². The zero-order valence-corrected chi connectivity index (χ0v) is 18.3. The minimum atomic E-state index is -0.501. The highest BCUT2D eigenvalue weighted by Gasteiger charge is 2.52. The molecule has 3 aliphatic heterocycles. The molecular weight excluding hydrogens is 356 g/mol. The maximum absolute atomic E-state index is 13.0. The van der Waals surface area contributed by atoms with E-state index in [0.717, 1.165) is 65.0 Å². The molecule has 0 radical (unpaired) electrons. The summed E-state index contributed by atoms with van der Waals surface area (Å²) in [4.78, 5) is 34.2. The molecule has 0 aromatic heterocycles. The summed E-state index contributed by atoms with van der Waals surface area (Å²) < 4.78 is 5.58. The van der Waals surface area contributed by atoms with Gasteiger partial charge in [-0.3, -0.25) is 4.79 Å². The molecule has 0 N–H and O–H groups in total. The molecule has 0 spiro atoms. The third kappa shape index (κ3) is 4.98. The fraction of sp³-hybridized carbons (Fsp3) is 0.905. The second-order valence-corrected chi connectivity index (χ2v) is 9.79. The molecule has 3 atom stereocenters. The largest absolute Gasteiger partial charge is 0.444 e. The number of carbonyl (C=O) groups is 2. The standard InChI is InChI=1S/C21H38N4O3/c1-21(2,3)28-20(27)25-16-7-8-18(25)17(15-16)19(26)23(5)9-6-10-24-13-11-22(4)12-14-24/h16-18H,6-15H2,1-5H3. The first-order valence-electron chi connectivity index (χ1n) is 10.8. The molecule has 7 heteroatoms. The molecule has 0 aliphatic carbocycles. The van der Waals surface area contributed by atoms with Crippen LogP contribution in [-0.4, -0.2) is 103 Å². The Hall–Kier alpha value is -1.34. The molecule has 2 bridgehead atoms. The Morgan fingerprint density at radius 3 is 2.43 bits per heavy atom. The number of ether oxygens (including phenoxy) is 1. The Bertz CT molecular complexity index is 568. The van der Waals surface area contributed by atoms with Crippen molar-refractivity contribution >= 4 is 12.0 Å². The number of piperazine rings is 1. The van der Waals surface area contributed by atoms with Crippen molar-refractivity contribution in [3.05, 3.63) is 0 Å². The number of nitrogens with zero attached hydrogens (tertiary/aromatic N) is 4. The Morgan fingerprint density at radius 2 is 1.79 bits per heavy atom. The molecule has 3 fully saturated rings. The molecule has 3 heterocycles. The number of hydrogen-bond acceptors (Lipinski definition) is 5. The Morgan fingerprint density at radius 1 is 1.11 bits per heavy atom. The molecule has 3 unspecified atom stereocenters. The van der Waals surface area contributed by atoms with Crippen molar-refractivity contribution in [1.82, 2.24) is 19.6 Å². The number of carbonyl (C=O) groups excluding carboxylic acids is 2. The molecule has 7 nitrogen and oxygen atoms in total. The van der Waals surface area contributed by atoms with Crippen LogP contribution in [0.5, 0.6) is 0 Å². The highest BCUT2D eigenvalue weighted by atomic mass is 16.6. The smallest absolute Gasteiger partial charge is 0.410 e. The van der Waals surface area contributed by atoms with Crippen LogP contribution in [0.2, 0.25) is 0 Å². The van der Waals surface area contributed by atoms with Crippen LogP contribution in [0.25, 0.3) is 0 Å². The van der Waals surface area contributed by atoms with Crippen molar-refractivity contribution in [2.45, 2.75) is 64.1 Å². The summed E-state index contributed by atoms with van der Waals surface area (Å²) in [6, 6.07) is 0.167. The average molecular weight is 395 g/mol. The minimum absolute atomic E-state index is 0.00688. The Labute approximate surface area is 169 Å². The van der Waals surface area contributed by atoms with E-state index in [2.05, 4.69) is 16.8 Å². The van der Waals surface area contributed by atoms with E-state index >= 15 is 0 Å². The van der Waals surface area contributed by atoms with Crippen molar-refractivity contribution in [3.8, 4) is 0 Å². The van der Waals surface area contributed by atoms with E-state index in [1.807, 2.05) is 37.6 Å². The molecule has 28 heavy (non-hydrogen) atoms. The second-order valence-electron chi connectivity index (χ2n) is 9.79. The third-order valence-corrected chi connectivity index (χ3v) is 6.40. The van der Waals surface area contributed by atoms with Crippen LogP contribution < -0.4 is 0 Å². The summed E-state index contributed by atoms with van der Waals surface area (Å²) in [6.07, 6.45) is 3.43. The van der Waals surface area contributed by atoms with Gasteiger partial charge < -0.3 is 24.3 Å². The van der Waals surface area contributed by atoms with Crippen LogP contribution >= 0.6 is 0 Å². The molecule has 0 aromatic rings. The maximum Gasteiger partial charge on any atom is 0.410 e. The quantitative estimate of drug-likeness (QED) is 0.713. The fourth-order valence-electron chi connectivity index (χ4n) is 4.85. The lowest BCUT2D eigenvalue weighted by atomic mass is 9.88. The Balaban J connectivity index is 1.47. The number of hydrogen-bond donors (Lipinski definition) is 0. The van der Waals surface area contributed by atoms with Crippen LogP contribution in [-0.2, 0) is 9.53 Å². The lowest BCUT2D eigenvalue weighted by Crippen LogP contribution is -2.46. The van der Waals surface area contributed by atoms with Crippen molar-refractivity contribution in [2.24, 2.45) is 5.92 Å². The summed E-state index contributed by atoms with van der Waals surface area (Å²) in [5, 5.41) is 0. The van der Waals surface area contributed by atoms with Gasteiger partial charge in [-0.1, -0.05) is 0 Å². The molecule has 160 valence electrons. The van der Waals surface area contributed by atoms with Gasteiger partial charge in [-0.15, -0.1) is 0 Å². The minimum Gasteiger partial charge on any atom is -0.444 e. The van der Waals surface area contributed by atoms with Gasteiger partial charge in [-0.25, -0.2) is 4.79 Å². The number of rotatable bonds is 5. The van der Waals surface area contributed by atoms with Gasteiger partial charge in [0.05, 0.1) is 5.92 Å². The summed E-state index contributed by atoms with van der Waals surface area (Å²) in [6.45, 7) is 12.0.